The summed E-state index contributed by atoms with van der Waals surface area (Å²) in [6.07, 6.45) is 7.35. The van der Waals surface area contributed by atoms with Crippen molar-refractivity contribution in [1.82, 2.24) is 19.4 Å². The number of nitrogens with one attached hydrogen (secondary N) is 1. The van der Waals surface area contributed by atoms with E-state index in [1.807, 2.05) is 45.0 Å². The smallest absolute Gasteiger partial charge is 0.337 e. The number of aromatic nitrogens is 2. The highest BCUT2D eigenvalue weighted by molar-refractivity contribution is 5.89. The summed E-state index contributed by atoms with van der Waals surface area (Å²) in [6, 6.07) is 7.08. The molecule has 0 radical (unpaired) electrons. The van der Waals surface area contributed by atoms with Crippen molar-refractivity contribution in [3.05, 3.63) is 34.7 Å². The Kier molecular flexibility index (Phi) is 8.54. The summed E-state index contributed by atoms with van der Waals surface area (Å²) in [6.45, 7) is 9.71. The number of carbonyl (C=O) groups is 1. The molecule has 32 heavy (non-hydrogen) atoms. The van der Waals surface area contributed by atoms with Gasteiger partial charge in [-0.25, -0.2) is 14.2 Å². The number of rotatable bonds is 5. The van der Waals surface area contributed by atoms with Crippen LogP contribution in [0, 0.1) is 5.92 Å². The van der Waals surface area contributed by atoms with E-state index in [4.69, 9.17) is 0 Å². The number of hydrogen-bond donors (Lipinski definition) is 2. The van der Waals surface area contributed by atoms with Crippen LogP contribution in [-0.2, 0) is 6.54 Å². The van der Waals surface area contributed by atoms with E-state index in [1.54, 1.807) is 4.57 Å². The van der Waals surface area contributed by atoms with Gasteiger partial charge < -0.3 is 15.3 Å². The summed E-state index contributed by atoms with van der Waals surface area (Å²) in [7, 11) is 0. The fourth-order valence-corrected chi connectivity index (χ4v) is 5.15. The highest BCUT2D eigenvalue weighted by Crippen LogP contribution is 2.30. The molecular formula is C25H40N4O3. The van der Waals surface area contributed by atoms with Gasteiger partial charge in [0.1, 0.15) is 0 Å². The van der Waals surface area contributed by atoms with Crippen LogP contribution in [0.2, 0.25) is 0 Å². The van der Waals surface area contributed by atoms with Crippen LogP contribution >= 0.6 is 0 Å². The molecule has 1 aliphatic carbocycles. The predicted octanol–water partition coefficient (Wildman–Crippen LogP) is 3.81. The van der Waals surface area contributed by atoms with E-state index in [2.05, 4.69) is 10.2 Å². The number of carbonyl (C=O) groups excluding carboxylic acids is 1. The molecule has 2 aliphatic rings. The van der Waals surface area contributed by atoms with Gasteiger partial charge in [0.15, 0.2) is 0 Å². The Balaban J connectivity index is 0.00000141. The standard InChI is InChI=1S/C23H34N4O3.C2H6/c1-2-26-19-8-4-5-9-20(19)27(22(26)29)21(28)24-16-18-10-14-25(15-11-18)17-23(30)12-6-3-7-13-23;1-2/h4-5,8-9,18,30H,2-3,6-7,10-17H2,1H3,(H,24,28);1-2H3. The number of fused-ring (bicyclic) bond motifs is 1. The first kappa shape index (κ1) is 24.5. The Bertz CT molecular complexity index is 934. The normalized spacial score (nSPS) is 19.4. The highest BCUT2D eigenvalue weighted by atomic mass is 16.3. The SMILES string of the molecule is CC.CCn1c(=O)n(C(=O)NCC2CCN(CC3(O)CCCCC3)CC2)c2ccccc21. The molecule has 2 N–H and O–H groups in total. The summed E-state index contributed by atoms with van der Waals surface area (Å²) in [5, 5.41) is 13.8. The van der Waals surface area contributed by atoms with Crippen LogP contribution < -0.4 is 11.0 Å². The average Bonchev–Trinajstić information content (AvgIpc) is 3.11. The van der Waals surface area contributed by atoms with E-state index >= 15 is 0 Å². The molecule has 178 valence electrons. The molecule has 1 aromatic carbocycles. The van der Waals surface area contributed by atoms with E-state index in [0.717, 1.165) is 63.7 Å². The molecule has 0 unspecified atom stereocenters. The largest absolute Gasteiger partial charge is 0.389 e. The van der Waals surface area contributed by atoms with Gasteiger partial charge in [0.25, 0.3) is 0 Å². The monoisotopic (exact) mass is 444 g/mol. The number of hydrogen-bond acceptors (Lipinski definition) is 4. The van der Waals surface area contributed by atoms with Crippen LogP contribution in [0.3, 0.4) is 0 Å². The van der Waals surface area contributed by atoms with Crippen molar-refractivity contribution >= 4 is 17.1 Å². The minimum atomic E-state index is -0.506. The lowest BCUT2D eigenvalue weighted by Gasteiger charge is -2.40. The Morgan fingerprint density at radius 3 is 2.34 bits per heavy atom. The van der Waals surface area contributed by atoms with Crippen molar-refractivity contribution in [2.45, 2.75) is 77.9 Å². The zero-order valence-corrected chi connectivity index (χ0v) is 20.0. The summed E-state index contributed by atoms with van der Waals surface area (Å²) >= 11 is 0. The summed E-state index contributed by atoms with van der Waals surface area (Å²) < 4.78 is 2.88. The van der Waals surface area contributed by atoms with E-state index in [1.165, 1.54) is 11.0 Å². The zero-order valence-electron chi connectivity index (χ0n) is 20.0. The number of aliphatic hydroxyl groups is 1. The molecule has 7 nitrogen and oxygen atoms in total. The molecule has 7 heteroatoms. The van der Waals surface area contributed by atoms with Gasteiger partial charge in [-0.05, 0) is 63.7 Å². The number of piperidine rings is 1. The first-order valence-electron chi connectivity index (χ1n) is 12.4. The number of amides is 1. The summed E-state index contributed by atoms with van der Waals surface area (Å²) in [4.78, 5) is 27.9. The van der Waals surface area contributed by atoms with Gasteiger partial charge in [-0.3, -0.25) is 4.57 Å². The molecule has 1 aliphatic heterocycles. The van der Waals surface area contributed by atoms with E-state index in [-0.39, 0.29) is 11.7 Å². The quantitative estimate of drug-likeness (QED) is 0.735. The number of nitrogens with zero attached hydrogens (tertiary/aromatic N) is 3. The van der Waals surface area contributed by atoms with Crippen molar-refractivity contribution < 1.29 is 9.90 Å². The van der Waals surface area contributed by atoms with Crippen LogP contribution in [-0.4, -0.2) is 57.0 Å². The zero-order chi connectivity index (χ0) is 23.1. The van der Waals surface area contributed by atoms with Crippen molar-refractivity contribution in [3.8, 4) is 0 Å². The lowest BCUT2D eigenvalue weighted by atomic mass is 9.84. The van der Waals surface area contributed by atoms with E-state index < -0.39 is 5.60 Å². The van der Waals surface area contributed by atoms with Crippen LogP contribution in [0.1, 0.15) is 65.7 Å². The Hall–Kier alpha value is -2.12. The van der Waals surface area contributed by atoms with Gasteiger partial charge in [0.05, 0.1) is 16.6 Å². The van der Waals surface area contributed by atoms with Crippen molar-refractivity contribution in [1.29, 1.82) is 0 Å². The minimum Gasteiger partial charge on any atom is -0.389 e. The molecule has 1 saturated carbocycles. The third-order valence-corrected chi connectivity index (χ3v) is 6.91. The van der Waals surface area contributed by atoms with Crippen LogP contribution in [0.25, 0.3) is 11.0 Å². The van der Waals surface area contributed by atoms with Crippen LogP contribution in [0.5, 0.6) is 0 Å². The second kappa shape index (κ2) is 11.1. The lowest BCUT2D eigenvalue weighted by molar-refractivity contribution is -0.0325. The third-order valence-electron chi connectivity index (χ3n) is 6.91. The first-order valence-corrected chi connectivity index (χ1v) is 12.4. The number of para-hydroxylation sites is 2. The van der Waals surface area contributed by atoms with Crippen molar-refractivity contribution in [3.63, 3.8) is 0 Å². The average molecular weight is 445 g/mol. The number of likely N-dealkylation sites (tertiary alicyclic amines) is 1. The second-order valence-electron chi connectivity index (χ2n) is 9.04. The van der Waals surface area contributed by atoms with Crippen LogP contribution in [0.15, 0.2) is 29.1 Å². The van der Waals surface area contributed by atoms with Gasteiger partial charge in [0.2, 0.25) is 0 Å². The third kappa shape index (κ3) is 5.44. The lowest BCUT2D eigenvalue weighted by Crippen LogP contribution is -2.48. The molecule has 4 rings (SSSR count). The molecule has 0 atom stereocenters. The maximum Gasteiger partial charge on any atom is 0.337 e. The molecule has 2 fully saturated rings. The number of aryl methyl sites for hydroxylation is 1. The maximum absolute atomic E-state index is 12.8. The molecule has 2 heterocycles. The number of benzene rings is 1. The molecule has 1 saturated heterocycles. The van der Waals surface area contributed by atoms with Gasteiger partial charge in [-0.15, -0.1) is 0 Å². The summed E-state index contributed by atoms with van der Waals surface area (Å²) in [5.74, 6) is 0.404. The number of imidazole rings is 1. The first-order chi connectivity index (χ1) is 15.5. The van der Waals surface area contributed by atoms with Gasteiger partial charge in [-0.2, -0.15) is 0 Å². The van der Waals surface area contributed by atoms with Crippen molar-refractivity contribution in [2.75, 3.05) is 26.2 Å². The maximum atomic E-state index is 12.8. The highest BCUT2D eigenvalue weighted by Gasteiger charge is 2.32. The Morgan fingerprint density at radius 2 is 1.72 bits per heavy atom. The Labute approximate surface area is 191 Å². The molecule has 0 bridgehead atoms. The summed E-state index contributed by atoms with van der Waals surface area (Å²) in [5.41, 5.74) is 0.645. The molecule has 0 spiro atoms. The van der Waals surface area contributed by atoms with Gasteiger partial charge in [0, 0.05) is 19.6 Å². The Morgan fingerprint density at radius 1 is 1.09 bits per heavy atom. The molecule has 1 amide bonds. The second-order valence-corrected chi connectivity index (χ2v) is 9.04. The molecule has 2 aromatic rings. The van der Waals surface area contributed by atoms with E-state index in [0.29, 0.717) is 24.5 Å². The topological polar surface area (TPSA) is 79.5 Å². The van der Waals surface area contributed by atoms with Gasteiger partial charge >= 0.3 is 11.7 Å². The van der Waals surface area contributed by atoms with Gasteiger partial charge in [-0.1, -0.05) is 45.2 Å². The van der Waals surface area contributed by atoms with Crippen LogP contribution in [0.4, 0.5) is 4.79 Å². The minimum absolute atomic E-state index is 0.285. The molecular weight excluding hydrogens is 404 g/mol. The van der Waals surface area contributed by atoms with E-state index in [9.17, 15) is 14.7 Å². The fraction of sp³-hybridized carbons (Fsp3) is 0.680. The predicted molar refractivity (Wildman–Crippen MR) is 129 cm³/mol. The molecule has 1 aromatic heterocycles. The number of β-amino-alcohol motifs (C(OH)–C–C–N with tert-alkyl or cyclic N) is 1. The van der Waals surface area contributed by atoms with Crippen molar-refractivity contribution in [2.24, 2.45) is 5.92 Å². The fourth-order valence-electron chi connectivity index (χ4n) is 5.15.